The molecule has 1 aromatic carbocycles. The number of piperazine rings is 1. The van der Waals surface area contributed by atoms with Crippen LogP contribution in [0.15, 0.2) is 24.3 Å². The third-order valence-electron chi connectivity index (χ3n) is 5.30. The molecule has 122 valence electrons. The molecule has 0 unspecified atom stereocenters. The molecule has 1 aromatic rings. The lowest BCUT2D eigenvalue weighted by molar-refractivity contribution is 0.0470. The van der Waals surface area contributed by atoms with Gasteiger partial charge in [-0.3, -0.25) is 9.80 Å². The van der Waals surface area contributed by atoms with Crippen molar-refractivity contribution in [1.29, 1.82) is 0 Å². The van der Waals surface area contributed by atoms with Crippen molar-refractivity contribution in [1.82, 2.24) is 9.80 Å². The van der Waals surface area contributed by atoms with Crippen LogP contribution in [0.5, 0.6) is 5.75 Å². The Bertz CT molecular complexity index is 459. The normalized spacial score (nSPS) is 26.1. The Morgan fingerprint density at radius 1 is 1.14 bits per heavy atom. The number of hydrogen-bond acceptors (Lipinski definition) is 3. The van der Waals surface area contributed by atoms with Gasteiger partial charge in [-0.15, -0.1) is 0 Å². The second-order valence-electron chi connectivity index (χ2n) is 6.80. The largest absolute Gasteiger partial charge is 0.494 e. The first-order chi connectivity index (χ1) is 10.8. The quantitative estimate of drug-likeness (QED) is 0.748. The molecule has 0 radical (unpaired) electrons. The summed E-state index contributed by atoms with van der Waals surface area (Å²) >= 11 is 0. The van der Waals surface area contributed by atoms with E-state index in [2.05, 4.69) is 47.9 Å². The molecule has 0 spiro atoms. The third-order valence-corrected chi connectivity index (χ3v) is 5.30. The van der Waals surface area contributed by atoms with Gasteiger partial charge in [0.1, 0.15) is 5.75 Å². The van der Waals surface area contributed by atoms with Gasteiger partial charge in [-0.1, -0.05) is 25.5 Å². The highest BCUT2D eigenvalue weighted by Crippen LogP contribution is 2.27. The van der Waals surface area contributed by atoms with Crippen molar-refractivity contribution in [2.24, 2.45) is 0 Å². The number of ether oxygens (including phenoxy) is 1. The van der Waals surface area contributed by atoms with Gasteiger partial charge in [-0.25, -0.2) is 0 Å². The van der Waals surface area contributed by atoms with Crippen LogP contribution in [0.4, 0.5) is 0 Å². The second kappa shape index (κ2) is 7.47. The highest BCUT2D eigenvalue weighted by Gasteiger charge is 2.36. The molecule has 0 N–H and O–H groups in total. The Kier molecular flexibility index (Phi) is 5.37. The van der Waals surface area contributed by atoms with Gasteiger partial charge in [-0.05, 0) is 50.4 Å². The number of hydrogen-bond donors (Lipinski definition) is 0. The number of benzene rings is 1. The zero-order chi connectivity index (χ0) is 15.4. The Morgan fingerprint density at radius 2 is 1.95 bits per heavy atom. The summed E-state index contributed by atoms with van der Waals surface area (Å²) in [6.07, 6.45) is 5.07. The molecule has 2 saturated heterocycles. The first kappa shape index (κ1) is 15.8. The average molecular weight is 302 g/mol. The molecule has 2 fully saturated rings. The van der Waals surface area contributed by atoms with Crippen LogP contribution in [0, 0.1) is 0 Å². The Balaban J connectivity index is 1.54. The summed E-state index contributed by atoms with van der Waals surface area (Å²) in [7, 11) is 0. The van der Waals surface area contributed by atoms with Gasteiger partial charge in [0, 0.05) is 31.7 Å². The summed E-state index contributed by atoms with van der Waals surface area (Å²) in [6.45, 7) is 10.3. The monoisotopic (exact) mass is 302 g/mol. The van der Waals surface area contributed by atoms with E-state index in [1.807, 2.05) is 0 Å². The van der Waals surface area contributed by atoms with Crippen LogP contribution in [0.2, 0.25) is 0 Å². The van der Waals surface area contributed by atoms with Crippen molar-refractivity contribution < 1.29 is 4.74 Å². The zero-order valence-electron chi connectivity index (χ0n) is 14.1. The van der Waals surface area contributed by atoms with Crippen LogP contribution < -0.4 is 4.74 Å². The molecular weight excluding hydrogens is 272 g/mol. The first-order valence-corrected chi connectivity index (χ1v) is 8.98. The summed E-state index contributed by atoms with van der Waals surface area (Å²) in [6, 6.07) is 10.2. The molecule has 0 aliphatic carbocycles. The minimum Gasteiger partial charge on any atom is -0.494 e. The predicted molar refractivity (Wildman–Crippen MR) is 91.3 cm³/mol. The van der Waals surface area contributed by atoms with Crippen molar-refractivity contribution >= 4 is 0 Å². The van der Waals surface area contributed by atoms with Gasteiger partial charge in [0.05, 0.1) is 6.61 Å². The van der Waals surface area contributed by atoms with Gasteiger partial charge in [-0.2, -0.15) is 0 Å². The topological polar surface area (TPSA) is 15.7 Å². The van der Waals surface area contributed by atoms with E-state index in [9.17, 15) is 0 Å². The van der Waals surface area contributed by atoms with Crippen LogP contribution in [-0.4, -0.2) is 48.1 Å². The molecule has 0 bridgehead atoms. The lowest BCUT2D eigenvalue weighted by Crippen LogP contribution is -2.55. The lowest BCUT2D eigenvalue weighted by atomic mass is 10.0. The van der Waals surface area contributed by atoms with Crippen molar-refractivity contribution in [3.8, 4) is 5.75 Å². The van der Waals surface area contributed by atoms with E-state index < -0.39 is 0 Å². The molecule has 3 rings (SSSR count). The summed E-state index contributed by atoms with van der Waals surface area (Å²) in [5.74, 6) is 1.01. The van der Waals surface area contributed by atoms with E-state index >= 15 is 0 Å². The summed E-state index contributed by atoms with van der Waals surface area (Å²) in [4.78, 5) is 5.34. The van der Waals surface area contributed by atoms with E-state index in [1.54, 1.807) is 0 Å². The van der Waals surface area contributed by atoms with Crippen molar-refractivity contribution in [2.75, 3.05) is 26.2 Å². The molecule has 3 heteroatoms. The third kappa shape index (κ3) is 3.64. The zero-order valence-corrected chi connectivity index (χ0v) is 14.1. The molecular formula is C19H30N2O. The molecule has 0 amide bonds. The molecule has 0 aromatic heterocycles. The summed E-state index contributed by atoms with van der Waals surface area (Å²) in [5.41, 5.74) is 1.40. The standard InChI is InChI=1S/C19H30N2O/c1-3-4-14-22-18-9-7-17(8-10-18)15-21-13-12-20-11-5-6-19(20)16(21)2/h7-10,16,19H,3-6,11-15H2,1-2H3/t16-,19+/m0/s1. The van der Waals surface area contributed by atoms with E-state index in [1.165, 1.54) is 44.5 Å². The fraction of sp³-hybridized carbons (Fsp3) is 0.684. The fourth-order valence-electron chi connectivity index (χ4n) is 3.86. The molecule has 2 atom stereocenters. The maximum atomic E-state index is 5.75. The fourth-order valence-corrected chi connectivity index (χ4v) is 3.86. The van der Waals surface area contributed by atoms with Crippen molar-refractivity contribution in [3.63, 3.8) is 0 Å². The van der Waals surface area contributed by atoms with E-state index in [0.29, 0.717) is 6.04 Å². The minimum absolute atomic E-state index is 0.678. The van der Waals surface area contributed by atoms with E-state index in [4.69, 9.17) is 4.74 Å². The molecule has 2 heterocycles. The Morgan fingerprint density at radius 3 is 2.73 bits per heavy atom. The number of nitrogens with zero attached hydrogens (tertiary/aromatic N) is 2. The van der Waals surface area contributed by atoms with Crippen LogP contribution in [0.3, 0.4) is 0 Å². The molecule has 3 nitrogen and oxygen atoms in total. The molecule has 2 aliphatic heterocycles. The van der Waals surface area contributed by atoms with Gasteiger partial charge in [0.2, 0.25) is 0 Å². The van der Waals surface area contributed by atoms with Crippen LogP contribution in [0.25, 0.3) is 0 Å². The van der Waals surface area contributed by atoms with Crippen molar-refractivity contribution in [2.45, 2.75) is 58.2 Å². The van der Waals surface area contributed by atoms with Crippen LogP contribution >= 0.6 is 0 Å². The number of fused-ring (bicyclic) bond motifs is 1. The van der Waals surface area contributed by atoms with E-state index in [0.717, 1.165) is 31.4 Å². The molecule has 0 saturated carbocycles. The SMILES string of the molecule is CCCCOc1ccc(CN2CCN3CCC[C@@H]3[C@@H]2C)cc1. The van der Waals surface area contributed by atoms with Crippen LogP contribution in [0.1, 0.15) is 45.1 Å². The predicted octanol–water partition coefficient (Wildman–Crippen LogP) is 3.53. The van der Waals surface area contributed by atoms with Gasteiger partial charge < -0.3 is 4.74 Å². The van der Waals surface area contributed by atoms with Gasteiger partial charge in [0.25, 0.3) is 0 Å². The lowest BCUT2D eigenvalue weighted by Gasteiger charge is -2.43. The minimum atomic E-state index is 0.678. The Hall–Kier alpha value is -1.06. The second-order valence-corrected chi connectivity index (χ2v) is 6.80. The number of rotatable bonds is 6. The van der Waals surface area contributed by atoms with Gasteiger partial charge >= 0.3 is 0 Å². The maximum absolute atomic E-state index is 5.75. The Labute approximate surface area is 135 Å². The van der Waals surface area contributed by atoms with E-state index in [-0.39, 0.29) is 0 Å². The highest BCUT2D eigenvalue weighted by atomic mass is 16.5. The van der Waals surface area contributed by atoms with Crippen LogP contribution in [-0.2, 0) is 6.54 Å². The van der Waals surface area contributed by atoms with Gasteiger partial charge in [0.15, 0.2) is 0 Å². The van der Waals surface area contributed by atoms with Crippen molar-refractivity contribution in [3.05, 3.63) is 29.8 Å². The summed E-state index contributed by atoms with van der Waals surface area (Å²) < 4.78 is 5.75. The smallest absolute Gasteiger partial charge is 0.119 e. The summed E-state index contributed by atoms with van der Waals surface area (Å²) in [5, 5.41) is 0. The molecule has 2 aliphatic rings. The number of unbranched alkanes of at least 4 members (excludes halogenated alkanes) is 1. The highest BCUT2D eigenvalue weighted by molar-refractivity contribution is 5.27. The average Bonchev–Trinajstić information content (AvgIpc) is 3.01. The maximum Gasteiger partial charge on any atom is 0.119 e. The first-order valence-electron chi connectivity index (χ1n) is 8.98. The molecule has 22 heavy (non-hydrogen) atoms.